The molecule has 170 valence electrons. The predicted molar refractivity (Wildman–Crippen MR) is 118 cm³/mol. The molecule has 1 aliphatic carbocycles. The van der Waals surface area contributed by atoms with Gasteiger partial charge < -0.3 is 23.7 Å². The summed E-state index contributed by atoms with van der Waals surface area (Å²) in [6, 6.07) is 13.5. The molecule has 0 radical (unpaired) electrons. The summed E-state index contributed by atoms with van der Waals surface area (Å²) in [4.78, 5) is 13.2. The van der Waals surface area contributed by atoms with Crippen LogP contribution < -0.4 is 9.47 Å². The van der Waals surface area contributed by atoms with Gasteiger partial charge in [0.1, 0.15) is 42.5 Å². The topological polar surface area (TPSA) is 69.8 Å². The first-order valence-corrected chi connectivity index (χ1v) is 11.5. The summed E-state index contributed by atoms with van der Waals surface area (Å²) < 4.78 is 28.2. The minimum atomic E-state index is -0.599. The number of hydrogen-bond acceptors (Lipinski definition) is 6. The van der Waals surface area contributed by atoms with E-state index in [1.807, 2.05) is 43.3 Å². The molecule has 2 aliphatic heterocycles. The van der Waals surface area contributed by atoms with Gasteiger partial charge in [0.2, 0.25) is 0 Å². The number of epoxide rings is 2. The summed E-state index contributed by atoms with van der Waals surface area (Å²) >= 11 is 0. The van der Waals surface area contributed by atoms with Gasteiger partial charge in [-0.25, -0.2) is 4.79 Å². The van der Waals surface area contributed by atoms with Gasteiger partial charge in [-0.15, -0.1) is 0 Å². The van der Waals surface area contributed by atoms with E-state index in [1.165, 1.54) is 0 Å². The summed E-state index contributed by atoms with van der Waals surface area (Å²) in [5.74, 6) is 1.27. The minimum Gasteiger partial charge on any atom is -0.491 e. The fourth-order valence-corrected chi connectivity index (χ4v) is 4.32. The van der Waals surface area contributed by atoms with Crippen molar-refractivity contribution in [1.29, 1.82) is 0 Å². The predicted octanol–water partition coefficient (Wildman–Crippen LogP) is 4.57. The first kappa shape index (κ1) is 21.3. The molecule has 3 fully saturated rings. The number of aryl methyl sites for hydroxylation is 1. The van der Waals surface area contributed by atoms with E-state index in [1.54, 1.807) is 6.07 Å². The zero-order valence-corrected chi connectivity index (χ0v) is 18.5. The van der Waals surface area contributed by atoms with Gasteiger partial charge in [-0.05, 0) is 74.1 Å². The van der Waals surface area contributed by atoms with Gasteiger partial charge in [0.25, 0.3) is 0 Å². The van der Waals surface area contributed by atoms with Gasteiger partial charge >= 0.3 is 5.97 Å². The van der Waals surface area contributed by atoms with Crippen molar-refractivity contribution >= 4 is 5.97 Å². The summed E-state index contributed by atoms with van der Waals surface area (Å²) in [5, 5.41) is 0. The fraction of sp³-hybridized carbons (Fsp3) is 0.500. The molecular formula is C26H30O6. The van der Waals surface area contributed by atoms with Gasteiger partial charge in [-0.3, -0.25) is 0 Å². The van der Waals surface area contributed by atoms with Crippen LogP contribution in [0.25, 0.3) is 0 Å². The average molecular weight is 439 g/mol. The zero-order chi connectivity index (χ0) is 22.0. The van der Waals surface area contributed by atoms with Crippen molar-refractivity contribution in [3.8, 4) is 11.5 Å². The first-order valence-electron chi connectivity index (χ1n) is 11.5. The van der Waals surface area contributed by atoms with Crippen LogP contribution in [-0.2, 0) is 19.8 Å². The highest BCUT2D eigenvalue weighted by Crippen LogP contribution is 2.42. The largest absolute Gasteiger partial charge is 0.491 e. The second-order valence-electron chi connectivity index (χ2n) is 8.98. The Morgan fingerprint density at radius 1 is 0.906 bits per heavy atom. The SMILES string of the molecule is Cc1cc(OCC2CO2)ccc1C(=O)OC1(c2ccc(OCC3CO3)cc2)CCCCC1. The molecule has 0 aromatic heterocycles. The van der Waals surface area contributed by atoms with E-state index in [4.69, 9.17) is 23.7 Å². The lowest BCUT2D eigenvalue weighted by molar-refractivity contribution is -0.0417. The second-order valence-corrected chi connectivity index (χ2v) is 8.98. The maximum Gasteiger partial charge on any atom is 0.339 e. The van der Waals surface area contributed by atoms with Crippen LogP contribution >= 0.6 is 0 Å². The summed E-state index contributed by atoms with van der Waals surface area (Å²) in [7, 11) is 0. The monoisotopic (exact) mass is 438 g/mol. The Morgan fingerprint density at radius 3 is 2.09 bits per heavy atom. The Morgan fingerprint density at radius 2 is 1.50 bits per heavy atom. The molecule has 6 nitrogen and oxygen atoms in total. The second kappa shape index (κ2) is 9.12. The molecule has 0 amide bonds. The number of ether oxygens (including phenoxy) is 5. The number of benzene rings is 2. The first-order chi connectivity index (χ1) is 15.6. The molecule has 2 heterocycles. The fourth-order valence-electron chi connectivity index (χ4n) is 4.32. The maximum atomic E-state index is 13.2. The Labute approximate surface area is 188 Å². The van der Waals surface area contributed by atoms with Crippen molar-refractivity contribution < 1.29 is 28.5 Å². The highest BCUT2D eigenvalue weighted by Gasteiger charge is 2.38. The molecule has 0 spiro atoms. The van der Waals surface area contributed by atoms with E-state index >= 15 is 0 Å². The molecule has 0 bridgehead atoms. The molecule has 2 saturated heterocycles. The normalized spacial score (nSPS) is 23.3. The van der Waals surface area contributed by atoms with Gasteiger partial charge in [-0.2, -0.15) is 0 Å². The van der Waals surface area contributed by atoms with Crippen LogP contribution in [0.3, 0.4) is 0 Å². The van der Waals surface area contributed by atoms with Crippen LogP contribution in [0.2, 0.25) is 0 Å². The van der Waals surface area contributed by atoms with E-state index in [9.17, 15) is 4.79 Å². The van der Waals surface area contributed by atoms with Crippen molar-refractivity contribution in [3.05, 3.63) is 59.2 Å². The lowest BCUT2D eigenvalue weighted by Gasteiger charge is -2.37. The van der Waals surface area contributed by atoms with Gasteiger partial charge in [-0.1, -0.05) is 18.6 Å². The number of rotatable bonds is 9. The Hall–Kier alpha value is -2.57. The molecule has 1 saturated carbocycles. The van der Waals surface area contributed by atoms with Crippen LogP contribution in [0.15, 0.2) is 42.5 Å². The molecule has 3 aliphatic rings. The van der Waals surface area contributed by atoms with Gasteiger partial charge in [0.05, 0.1) is 18.8 Å². The van der Waals surface area contributed by atoms with Crippen molar-refractivity contribution in [3.63, 3.8) is 0 Å². The average Bonchev–Trinajstić information content (AvgIpc) is 3.72. The standard InChI is InChI=1S/C26H30O6/c1-18-13-21(29-15-23-17-31-23)9-10-24(18)25(27)32-26(11-3-2-4-12-26)19-5-7-20(8-6-19)28-14-22-16-30-22/h5-10,13,22-23H,2-4,11-12,14-17H2,1H3. The van der Waals surface area contributed by atoms with Crippen LogP contribution in [0.1, 0.15) is 53.6 Å². The molecule has 2 unspecified atom stereocenters. The third-order valence-electron chi connectivity index (χ3n) is 6.42. The van der Waals surface area contributed by atoms with E-state index in [0.717, 1.165) is 67.9 Å². The van der Waals surface area contributed by atoms with Crippen LogP contribution in [-0.4, -0.2) is 44.6 Å². The minimum absolute atomic E-state index is 0.199. The van der Waals surface area contributed by atoms with E-state index < -0.39 is 5.60 Å². The summed E-state index contributed by atoms with van der Waals surface area (Å²) in [5.41, 5.74) is 1.86. The molecule has 32 heavy (non-hydrogen) atoms. The van der Waals surface area contributed by atoms with E-state index in [-0.39, 0.29) is 18.2 Å². The quantitative estimate of drug-likeness (QED) is 0.422. The lowest BCUT2D eigenvalue weighted by atomic mass is 9.79. The van der Waals surface area contributed by atoms with Crippen LogP contribution in [0.5, 0.6) is 11.5 Å². The molecular weight excluding hydrogens is 408 g/mol. The Bertz CT molecular complexity index is 939. The summed E-state index contributed by atoms with van der Waals surface area (Å²) in [6.45, 7) is 4.57. The molecule has 0 N–H and O–H groups in total. The highest BCUT2D eigenvalue weighted by molar-refractivity contribution is 5.91. The van der Waals surface area contributed by atoms with Crippen molar-refractivity contribution in [2.75, 3.05) is 26.4 Å². The number of carbonyl (C=O) groups is 1. The smallest absolute Gasteiger partial charge is 0.339 e. The van der Waals surface area contributed by atoms with Crippen LogP contribution in [0.4, 0.5) is 0 Å². The van der Waals surface area contributed by atoms with Gasteiger partial charge in [0.15, 0.2) is 0 Å². The van der Waals surface area contributed by atoms with Crippen molar-refractivity contribution in [2.45, 2.75) is 56.8 Å². The van der Waals surface area contributed by atoms with Gasteiger partial charge in [0, 0.05) is 0 Å². The zero-order valence-electron chi connectivity index (χ0n) is 18.5. The van der Waals surface area contributed by atoms with Crippen molar-refractivity contribution in [2.24, 2.45) is 0 Å². The van der Waals surface area contributed by atoms with Crippen LogP contribution in [0, 0.1) is 6.92 Å². The Balaban J connectivity index is 1.30. The lowest BCUT2D eigenvalue weighted by Crippen LogP contribution is -2.35. The molecule has 2 aromatic carbocycles. The van der Waals surface area contributed by atoms with Crippen molar-refractivity contribution in [1.82, 2.24) is 0 Å². The third-order valence-corrected chi connectivity index (χ3v) is 6.42. The third kappa shape index (κ3) is 5.08. The molecule has 2 atom stereocenters. The molecule has 2 aromatic rings. The number of hydrogen-bond donors (Lipinski definition) is 0. The summed E-state index contributed by atoms with van der Waals surface area (Å²) in [6.07, 6.45) is 5.33. The Kier molecular flexibility index (Phi) is 6.07. The van der Waals surface area contributed by atoms with E-state index in [0.29, 0.717) is 18.8 Å². The molecule has 6 heteroatoms. The van der Waals surface area contributed by atoms with E-state index in [2.05, 4.69) is 0 Å². The molecule has 5 rings (SSSR count). The number of esters is 1. The highest BCUT2D eigenvalue weighted by atomic mass is 16.6. The number of carbonyl (C=O) groups excluding carboxylic acids is 1. The maximum absolute atomic E-state index is 13.2.